The van der Waals surface area contributed by atoms with Gasteiger partial charge >= 0.3 is 0 Å². The number of nitrogens with zero attached hydrogens (tertiary/aromatic N) is 1. The first-order chi connectivity index (χ1) is 8.70. The third kappa shape index (κ3) is 3.69. The Bertz CT molecular complexity index is 247. The van der Waals surface area contributed by atoms with Crippen LogP contribution in [0.3, 0.4) is 0 Å². The molecule has 106 valence electrons. The molecule has 2 rings (SSSR count). The van der Waals surface area contributed by atoms with Crippen LogP contribution in [0.5, 0.6) is 0 Å². The first kappa shape index (κ1) is 14.3. The van der Waals surface area contributed by atoms with Crippen LogP contribution in [0.2, 0.25) is 0 Å². The van der Waals surface area contributed by atoms with Gasteiger partial charge in [0.25, 0.3) is 0 Å². The van der Waals surface area contributed by atoms with Crippen LogP contribution < -0.4 is 5.32 Å². The van der Waals surface area contributed by atoms with Crippen molar-refractivity contribution in [2.45, 2.75) is 64.6 Å². The Kier molecular flexibility index (Phi) is 5.46. The molecule has 3 heteroatoms. The number of hydrogen-bond donors (Lipinski definition) is 1. The maximum Gasteiger partial charge on any atom is 0.0674 e. The highest BCUT2D eigenvalue weighted by Gasteiger charge is 2.31. The fourth-order valence-electron chi connectivity index (χ4n) is 3.38. The Morgan fingerprint density at radius 2 is 2.11 bits per heavy atom. The molecule has 18 heavy (non-hydrogen) atoms. The molecule has 0 aromatic heterocycles. The maximum atomic E-state index is 5.72. The highest BCUT2D eigenvalue weighted by molar-refractivity contribution is 4.87. The van der Waals surface area contributed by atoms with E-state index in [9.17, 15) is 0 Å². The predicted octanol–water partition coefficient (Wildman–Crippen LogP) is 2.26. The molecule has 1 heterocycles. The van der Waals surface area contributed by atoms with Gasteiger partial charge in [-0.15, -0.1) is 0 Å². The van der Waals surface area contributed by atoms with Crippen LogP contribution in [-0.4, -0.2) is 49.3 Å². The molecular formula is C15H30N2O. The van der Waals surface area contributed by atoms with Crippen LogP contribution in [0.15, 0.2) is 0 Å². The number of morpholine rings is 1. The van der Waals surface area contributed by atoms with Crippen molar-refractivity contribution >= 4 is 0 Å². The molecule has 1 saturated carbocycles. The lowest BCUT2D eigenvalue weighted by atomic mass is 10.0. The molecule has 0 radical (unpaired) electrons. The highest BCUT2D eigenvalue weighted by Crippen LogP contribution is 2.28. The normalized spacial score (nSPS) is 38.2. The van der Waals surface area contributed by atoms with Gasteiger partial charge < -0.3 is 10.1 Å². The molecule has 4 atom stereocenters. The highest BCUT2D eigenvalue weighted by atomic mass is 16.5. The molecule has 1 saturated heterocycles. The SMILES string of the molecule is CCCNC1CCCC1CN1CC(C)OCC1C. The number of hydrogen-bond acceptors (Lipinski definition) is 3. The Hall–Kier alpha value is -0.120. The van der Waals surface area contributed by atoms with E-state index in [0.29, 0.717) is 12.1 Å². The summed E-state index contributed by atoms with van der Waals surface area (Å²) in [4.78, 5) is 2.64. The average Bonchev–Trinajstić information content (AvgIpc) is 2.79. The van der Waals surface area contributed by atoms with Crippen molar-refractivity contribution in [3.8, 4) is 0 Å². The van der Waals surface area contributed by atoms with Crippen molar-refractivity contribution in [3.63, 3.8) is 0 Å². The van der Waals surface area contributed by atoms with Gasteiger partial charge in [0.15, 0.2) is 0 Å². The summed E-state index contributed by atoms with van der Waals surface area (Å²) in [6, 6.07) is 1.35. The minimum atomic E-state index is 0.407. The number of ether oxygens (including phenoxy) is 1. The topological polar surface area (TPSA) is 24.5 Å². The van der Waals surface area contributed by atoms with Crippen LogP contribution in [0.1, 0.15) is 46.5 Å². The third-order valence-corrected chi connectivity index (χ3v) is 4.52. The summed E-state index contributed by atoms with van der Waals surface area (Å²) in [5, 5.41) is 3.74. The Labute approximate surface area is 112 Å². The molecule has 1 N–H and O–H groups in total. The maximum absolute atomic E-state index is 5.72. The predicted molar refractivity (Wildman–Crippen MR) is 75.9 cm³/mol. The number of rotatable bonds is 5. The van der Waals surface area contributed by atoms with E-state index in [2.05, 4.69) is 31.0 Å². The molecule has 0 aromatic carbocycles. The van der Waals surface area contributed by atoms with Gasteiger partial charge in [-0.25, -0.2) is 0 Å². The fraction of sp³-hybridized carbons (Fsp3) is 1.00. The van der Waals surface area contributed by atoms with Crippen molar-refractivity contribution in [1.82, 2.24) is 10.2 Å². The van der Waals surface area contributed by atoms with Crippen molar-refractivity contribution in [1.29, 1.82) is 0 Å². The smallest absolute Gasteiger partial charge is 0.0674 e. The zero-order valence-corrected chi connectivity index (χ0v) is 12.3. The standard InChI is InChI=1S/C15H30N2O/c1-4-8-16-15-7-5-6-14(15)10-17-9-13(3)18-11-12(17)2/h12-16H,4-11H2,1-3H3. The van der Waals surface area contributed by atoms with Gasteiger partial charge in [-0.05, 0) is 45.6 Å². The average molecular weight is 254 g/mol. The van der Waals surface area contributed by atoms with E-state index < -0.39 is 0 Å². The summed E-state index contributed by atoms with van der Waals surface area (Å²) in [6.07, 6.45) is 5.83. The molecule has 2 aliphatic rings. The number of nitrogens with one attached hydrogen (secondary N) is 1. The molecule has 1 aliphatic heterocycles. The van der Waals surface area contributed by atoms with Crippen LogP contribution in [0.4, 0.5) is 0 Å². The van der Waals surface area contributed by atoms with E-state index in [1.165, 1.54) is 38.8 Å². The van der Waals surface area contributed by atoms with Gasteiger partial charge in [0.1, 0.15) is 0 Å². The van der Waals surface area contributed by atoms with Gasteiger partial charge in [-0.3, -0.25) is 4.90 Å². The molecule has 4 unspecified atom stereocenters. The van der Waals surface area contributed by atoms with E-state index in [-0.39, 0.29) is 0 Å². The second-order valence-electron chi connectivity index (χ2n) is 6.20. The van der Waals surface area contributed by atoms with Crippen molar-refractivity contribution < 1.29 is 4.74 Å². The molecular weight excluding hydrogens is 224 g/mol. The lowest BCUT2D eigenvalue weighted by molar-refractivity contribution is -0.0549. The van der Waals surface area contributed by atoms with E-state index in [1.807, 2.05) is 0 Å². The second kappa shape index (κ2) is 6.88. The zero-order valence-electron chi connectivity index (χ0n) is 12.3. The Morgan fingerprint density at radius 1 is 1.28 bits per heavy atom. The molecule has 0 bridgehead atoms. The summed E-state index contributed by atoms with van der Waals surface area (Å²) in [5.74, 6) is 0.851. The molecule has 2 fully saturated rings. The Balaban J connectivity index is 1.83. The van der Waals surface area contributed by atoms with Crippen LogP contribution >= 0.6 is 0 Å². The van der Waals surface area contributed by atoms with E-state index >= 15 is 0 Å². The van der Waals surface area contributed by atoms with Crippen molar-refractivity contribution in [3.05, 3.63) is 0 Å². The van der Waals surface area contributed by atoms with Gasteiger partial charge in [0, 0.05) is 25.2 Å². The van der Waals surface area contributed by atoms with E-state index in [4.69, 9.17) is 4.74 Å². The van der Waals surface area contributed by atoms with Gasteiger partial charge in [0.2, 0.25) is 0 Å². The van der Waals surface area contributed by atoms with E-state index in [1.54, 1.807) is 0 Å². The molecule has 0 amide bonds. The molecule has 1 aliphatic carbocycles. The largest absolute Gasteiger partial charge is 0.376 e. The van der Waals surface area contributed by atoms with Gasteiger partial charge in [-0.2, -0.15) is 0 Å². The van der Waals surface area contributed by atoms with Crippen molar-refractivity contribution in [2.75, 3.05) is 26.2 Å². The lowest BCUT2D eigenvalue weighted by Gasteiger charge is -2.39. The van der Waals surface area contributed by atoms with Crippen LogP contribution in [0, 0.1) is 5.92 Å². The van der Waals surface area contributed by atoms with Gasteiger partial charge in [0.05, 0.1) is 12.7 Å². The summed E-state index contributed by atoms with van der Waals surface area (Å²) in [6.45, 7) is 11.2. The van der Waals surface area contributed by atoms with Crippen LogP contribution in [-0.2, 0) is 4.74 Å². The minimum absolute atomic E-state index is 0.407. The van der Waals surface area contributed by atoms with E-state index in [0.717, 1.165) is 25.1 Å². The second-order valence-corrected chi connectivity index (χ2v) is 6.20. The molecule has 0 spiro atoms. The molecule has 0 aromatic rings. The first-order valence-electron chi connectivity index (χ1n) is 7.79. The monoisotopic (exact) mass is 254 g/mol. The summed E-state index contributed by atoms with van der Waals surface area (Å²) < 4.78 is 5.72. The first-order valence-corrected chi connectivity index (χ1v) is 7.79. The van der Waals surface area contributed by atoms with Crippen molar-refractivity contribution in [2.24, 2.45) is 5.92 Å². The molecule has 3 nitrogen and oxygen atoms in total. The Morgan fingerprint density at radius 3 is 2.89 bits per heavy atom. The fourth-order valence-corrected chi connectivity index (χ4v) is 3.38. The lowest BCUT2D eigenvalue weighted by Crippen LogP contribution is -2.50. The van der Waals surface area contributed by atoms with Gasteiger partial charge in [-0.1, -0.05) is 13.3 Å². The summed E-state index contributed by atoms with van der Waals surface area (Å²) >= 11 is 0. The summed E-state index contributed by atoms with van der Waals surface area (Å²) in [7, 11) is 0. The quantitative estimate of drug-likeness (QED) is 0.814. The summed E-state index contributed by atoms with van der Waals surface area (Å²) in [5.41, 5.74) is 0. The zero-order chi connectivity index (χ0) is 13.0. The third-order valence-electron chi connectivity index (χ3n) is 4.52. The van der Waals surface area contributed by atoms with Crippen LogP contribution in [0.25, 0.3) is 0 Å². The minimum Gasteiger partial charge on any atom is -0.376 e.